The van der Waals surface area contributed by atoms with Gasteiger partial charge in [0.25, 0.3) is 0 Å². The van der Waals surface area contributed by atoms with Gasteiger partial charge in [-0.1, -0.05) is 37.6 Å². The van der Waals surface area contributed by atoms with E-state index in [0.29, 0.717) is 40.5 Å². The van der Waals surface area contributed by atoms with Gasteiger partial charge in [0.2, 0.25) is 0 Å². The Bertz CT molecular complexity index is 1040. The first kappa shape index (κ1) is 21.1. The number of para-hydroxylation sites is 1. The van der Waals surface area contributed by atoms with Gasteiger partial charge in [-0.15, -0.1) is 0 Å². The second-order valence-electron chi connectivity index (χ2n) is 6.70. The zero-order chi connectivity index (χ0) is 20.8. The topological polar surface area (TPSA) is 59.8 Å². The molecule has 0 amide bonds. The molecule has 1 heterocycles. The van der Waals surface area contributed by atoms with E-state index in [1.807, 2.05) is 0 Å². The standard InChI is InChI=1S/C23H24ClNO4/c1-3-25(4-2)12-13-28-22(27)14-17-6-5-7-19-20(26)15-21(29-23(17)19)16-8-10-18(24)11-9-16/h5-11,15H,3-4,12-14H2,1-2H3. The molecule has 0 aliphatic heterocycles. The average molecular weight is 414 g/mol. The number of esters is 1. The van der Waals surface area contributed by atoms with Crippen LogP contribution in [0.25, 0.3) is 22.3 Å². The third-order valence-corrected chi connectivity index (χ3v) is 5.12. The molecule has 152 valence electrons. The van der Waals surface area contributed by atoms with Crippen molar-refractivity contribution in [3.63, 3.8) is 0 Å². The molecule has 0 saturated heterocycles. The van der Waals surface area contributed by atoms with Gasteiger partial charge >= 0.3 is 5.97 Å². The smallest absolute Gasteiger partial charge is 0.310 e. The third kappa shape index (κ3) is 5.25. The van der Waals surface area contributed by atoms with Crippen LogP contribution in [-0.2, 0) is 16.0 Å². The Morgan fingerprint density at radius 1 is 1.10 bits per heavy atom. The quantitative estimate of drug-likeness (QED) is 0.507. The van der Waals surface area contributed by atoms with Gasteiger partial charge in [0, 0.05) is 28.8 Å². The number of hydrogen-bond acceptors (Lipinski definition) is 5. The number of nitrogens with zero attached hydrogens (tertiary/aromatic N) is 1. The molecule has 0 aliphatic carbocycles. The number of fused-ring (bicyclic) bond motifs is 1. The second kappa shape index (κ2) is 9.72. The van der Waals surface area contributed by atoms with E-state index in [1.54, 1.807) is 42.5 Å². The molecule has 0 atom stereocenters. The monoisotopic (exact) mass is 413 g/mol. The fourth-order valence-corrected chi connectivity index (χ4v) is 3.29. The van der Waals surface area contributed by atoms with Crippen LogP contribution in [0, 0.1) is 0 Å². The van der Waals surface area contributed by atoms with Crippen LogP contribution in [0.4, 0.5) is 0 Å². The molecule has 0 radical (unpaired) electrons. The van der Waals surface area contributed by atoms with Gasteiger partial charge in [-0.05, 0) is 43.4 Å². The van der Waals surface area contributed by atoms with Crippen LogP contribution >= 0.6 is 11.6 Å². The van der Waals surface area contributed by atoms with E-state index in [9.17, 15) is 9.59 Å². The van der Waals surface area contributed by atoms with Gasteiger partial charge in [-0.3, -0.25) is 9.59 Å². The summed E-state index contributed by atoms with van der Waals surface area (Å²) < 4.78 is 11.4. The summed E-state index contributed by atoms with van der Waals surface area (Å²) in [6.07, 6.45) is 0.0442. The van der Waals surface area contributed by atoms with Crippen molar-refractivity contribution in [1.29, 1.82) is 0 Å². The van der Waals surface area contributed by atoms with Crippen LogP contribution < -0.4 is 5.43 Å². The summed E-state index contributed by atoms with van der Waals surface area (Å²) in [6.45, 7) is 7.00. The van der Waals surface area contributed by atoms with E-state index < -0.39 is 0 Å². The van der Waals surface area contributed by atoms with Crippen molar-refractivity contribution in [3.8, 4) is 11.3 Å². The molecular weight excluding hydrogens is 390 g/mol. The Labute approximate surface area is 174 Å². The molecule has 0 spiro atoms. The summed E-state index contributed by atoms with van der Waals surface area (Å²) in [5, 5.41) is 1.04. The van der Waals surface area contributed by atoms with Gasteiger partial charge in [0.1, 0.15) is 18.0 Å². The average Bonchev–Trinajstić information content (AvgIpc) is 2.72. The number of rotatable bonds is 8. The number of hydrogen-bond donors (Lipinski definition) is 0. The number of carbonyl (C=O) groups is 1. The fraction of sp³-hybridized carbons (Fsp3) is 0.304. The second-order valence-corrected chi connectivity index (χ2v) is 7.14. The maximum atomic E-state index is 12.6. The fourth-order valence-electron chi connectivity index (χ4n) is 3.17. The number of benzene rings is 2. The van der Waals surface area contributed by atoms with Crippen LogP contribution in [0.15, 0.2) is 57.7 Å². The van der Waals surface area contributed by atoms with Crippen molar-refractivity contribution < 1.29 is 13.9 Å². The first-order chi connectivity index (χ1) is 14.0. The molecule has 0 unspecified atom stereocenters. The lowest BCUT2D eigenvalue weighted by Crippen LogP contribution is -2.28. The van der Waals surface area contributed by atoms with Gasteiger partial charge in [0.15, 0.2) is 5.43 Å². The lowest BCUT2D eigenvalue weighted by Gasteiger charge is -2.17. The molecule has 2 aromatic carbocycles. The molecule has 0 fully saturated rings. The summed E-state index contributed by atoms with van der Waals surface area (Å²) in [5.74, 6) is 0.0886. The normalized spacial score (nSPS) is 11.2. The maximum absolute atomic E-state index is 12.6. The molecule has 3 rings (SSSR count). The Hall–Kier alpha value is -2.63. The number of likely N-dealkylation sites (N-methyl/N-ethyl adjacent to an activating group) is 1. The van der Waals surface area contributed by atoms with Crippen molar-refractivity contribution in [3.05, 3.63) is 69.3 Å². The zero-order valence-electron chi connectivity index (χ0n) is 16.6. The lowest BCUT2D eigenvalue weighted by molar-refractivity contribution is -0.143. The van der Waals surface area contributed by atoms with E-state index in [0.717, 1.165) is 18.7 Å². The van der Waals surface area contributed by atoms with Crippen LogP contribution in [0.5, 0.6) is 0 Å². The SMILES string of the molecule is CCN(CC)CCOC(=O)Cc1cccc2c(=O)cc(-c3ccc(Cl)cc3)oc12. The highest BCUT2D eigenvalue weighted by atomic mass is 35.5. The molecule has 0 aliphatic rings. The maximum Gasteiger partial charge on any atom is 0.310 e. The highest BCUT2D eigenvalue weighted by Crippen LogP contribution is 2.26. The number of ether oxygens (including phenoxy) is 1. The van der Waals surface area contributed by atoms with Gasteiger partial charge < -0.3 is 14.1 Å². The first-order valence-electron chi connectivity index (χ1n) is 9.71. The lowest BCUT2D eigenvalue weighted by atomic mass is 10.1. The Morgan fingerprint density at radius 2 is 1.83 bits per heavy atom. The van der Waals surface area contributed by atoms with Gasteiger partial charge in [-0.2, -0.15) is 0 Å². The summed E-state index contributed by atoms with van der Waals surface area (Å²) in [7, 11) is 0. The number of carbonyl (C=O) groups excluding carboxylic acids is 1. The number of halogens is 1. The van der Waals surface area contributed by atoms with Crippen LogP contribution in [0.1, 0.15) is 19.4 Å². The van der Waals surface area contributed by atoms with E-state index in [2.05, 4.69) is 18.7 Å². The minimum Gasteiger partial charge on any atom is -0.464 e. The molecule has 0 bridgehead atoms. The van der Waals surface area contributed by atoms with E-state index in [4.69, 9.17) is 20.8 Å². The molecule has 0 N–H and O–H groups in total. The molecule has 6 heteroatoms. The molecule has 29 heavy (non-hydrogen) atoms. The minimum atomic E-state index is -0.343. The van der Waals surface area contributed by atoms with Crippen molar-refractivity contribution in [1.82, 2.24) is 4.90 Å². The minimum absolute atomic E-state index is 0.0442. The summed E-state index contributed by atoms with van der Waals surface area (Å²) >= 11 is 5.94. The van der Waals surface area contributed by atoms with Crippen LogP contribution in [0.3, 0.4) is 0 Å². The van der Waals surface area contributed by atoms with Crippen LogP contribution in [0.2, 0.25) is 5.02 Å². The van der Waals surface area contributed by atoms with E-state index >= 15 is 0 Å². The van der Waals surface area contributed by atoms with Crippen molar-refractivity contribution in [2.45, 2.75) is 20.3 Å². The van der Waals surface area contributed by atoms with Gasteiger partial charge in [0.05, 0.1) is 11.8 Å². The summed E-state index contributed by atoms with van der Waals surface area (Å²) in [5.41, 5.74) is 1.62. The summed E-state index contributed by atoms with van der Waals surface area (Å²) in [4.78, 5) is 27.1. The van der Waals surface area contributed by atoms with E-state index in [1.165, 1.54) is 6.07 Å². The zero-order valence-corrected chi connectivity index (χ0v) is 17.4. The van der Waals surface area contributed by atoms with Crippen molar-refractivity contribution >= 4 is 28.5 Å². The first-order valence-corrected chi connectivity index (χ1v) is 10.1. The van der Waals surface area contributed by atoms with E-state index in [-0.39, 0.29) is 17.8 Å². The highest BCUT2D eigenvalue weighted by Gasteiger charge is 2.14. The Morgan fingerprint density at radius 3 is 2.52 bits per heavy atom. The predicted molar refractivity (Wildman–Crippen MR) is 115 cm³/mol. The third-order valence-electron chi connectivity index (χ3n) is 4.86. The molecule has 0 saturated carbocycles. The Balaban J connectivity index is 1.83. The molecule has 1 aromatic heterocycles. The van der Waals surface area contributed by atoms with Crippen molar-refractivity contribution in [2.75, 3.05) is 26.2 Å². The largest absolute Gasteiger partial charge is 0.464 e. The molecule has 3 aromatic rings. The Kier molecular flexibility index (Phi) is 7.07. The predicted octanol–water partition coefficient (Wildman–Crippen LogP) is 4.54. The van der Waals surface area contributed by atoms with Crippen LogP contribution in [-0.4, -0.2) is 37.1 Å². The van der Waals surface area contributed by atoms with Crippen molar-refractivity contribution in [2.24, 2.45) is 0 Å². The van der Waals surface area contributed by atoms with Gasteiger partial charge in [-0.25, -0.2) is 0 Å². The summed E-state index contributed by atoms with van der Waals surface area (Å²) in [6, 6.07) is 13.7. The highest BCUT2D eigenvalue weighted by molar-refractivity contribution is 6.30. The molecular formula is C23H24ClNO4. The molecule has 5 nitrogen and oxygen atoms in total.